The second-order valence-corrected chi connectivity index (χ2v) is 6.53. The molecule has 0 bridgehead atoms. The molecule has 0 aliphatic heterocycles. The van der Waals surface area contributed by atoms with Crippen molar-refractivity contribution in [3.8, 4) is 0 Å². The standard InChI is InChI=1S/C13H15IN2O2S/c1-3-8(2)16-11-5-4-9(14)6-10(11)15-13(16)19-7-12(17)18/h4-6,8H,3,7H2,1-2H3,(H,17,18). The predicted octanol–water partition coefficient (Wildman–Crippen LogP) is 3.79. The van der Waals surface area contributed by atoms with Crippen LogP contribution >= 0.6 is 34.4 Å². The van der Waals surface area contributed by atoms with E-state index in [1.807, 2.05) is 6.07 Å². The maximum atomic E-state index is 10.7. The van der Waals surface area contributed by atoms with Gasteiger partial charge < -0.3 is 9.67 Å². The molecule has 0 aliphatic carbocycles. The van der Waals surface area contributed by atoms with Crippen molar-refractivity contribution in [1.29, 1.82) is 0 Å². The average molecular weight is 390 g/mol. The number of rotatable bonds is 5. The Bertz CT molecular complexity index is 612. The molecule has 0 saturated carbocycles. The molecule has 1 aromatic carbocycles. The van der Waals surface area contributed by atoms with E-state index in [-0.39, 0.29) is 5.75 Å². The average Bonchev–Trinajstić information content (AvgIpc) is 2.72. The van der Waals surface area contributed by atoms with Gasteiger partial charge >= 0.3 is 5.97 Å². The first-order chi connectivity index (χ1) is 9.02. The van der Waals surface area contributed by atoms with Crippen molar-refractivity contribution in [3.63, 3.8) is 0 Å². The highest BCUT2D eigenvalue weighted by Gasteiger charge is 2.16. The summed E-state index contributed by atoms with van der Waals surface area (Å²) in [5, 5.41) is 9.61. The summed E-state index contributed by atoms with van der Waals surface area (Å²) in [4.78, 5) is 15.3. The Morgan fingerprint density at radius 1 is 1.58 bits per heavy atom. The Balaban J connectivity index is 2.50. The zero-order chi connectivity index (χ0) is 14.0. The summed E-state index contributed by atoms with van der Waals surface area (Å²) in [7, 11) is 0. The minimum Gasteiger partial charge on any atom is -0.481 e. The van der Waals surface area contributed by atoms with E-state index in [0.717, 1.165) is 26.2 Å². The maximum absolute atomic E-state index is 10.7. The van der Waals surface area contributed by atoms with Crippen LogP contribution in [0.25, 0.3) is 11.0 Å². The molecule has 19 heavy (non-hydrogen) atoms. The number of carbonyl (C=O) groups is 1. The molecular weight excluding hydrogens is 375 g/mol. The third-order valence-electron chi connectivity index (χ3n) is 2.98. The van der Waals surface area contributed by atoms with Gasteiger partial charge in [0.2, 0.25) is 0 Å². The molecule has 0 saturated heterocycles. The third kappa shape index (κ3) is 3.22. The van der Waals surface area contributed by atoms with E-state index in [1.54, 1.807) is 0 Å². The summed E-state index contributed by atoms with van der Waals surface area (Å²) in [6.45, 7) is 4.25. The fraction of sp³-hybridized carbons (Fsp3) is 0.385. The minimum absolute atomic E-state index is 0.0385. The number of hydrogen-bond donors (Lipinski definition) is 1. The van der Waals surface area contributed by atoms with Crippen molar-refractivity contribution in [1.82, 2.24) is 9.55 Å². The van der Waals surface area contributed by atoms with Crippen molar-refractivity contribution < 1.29 is 9.90 Å². The number of hydrogen-bond acceptors (Lipinski definition) is 3. The zero-order valence-electron chi connectivity index (χ0n) is 10.8. The van der Waals surface area contributed by atoms with Gasteiger partial charge in [-0.2, -0.15) is 0 Å². The van der Waals surface area contributed by atoms with Crippen LogP contribution in [-0.4, -0.2) is 26.4 Å². The molecule has 0 fully saturated rings. The first kappa shape index (κ1) is 14.6. The summed E-state index contributed by atoms with van der Waals surface area (Å²) in [6.07, 6.45) is 0.984. The molecule has 1 heterocycles. The maximum Gasteiger partial charge on any atom is 0.313 e. The fourth-order valence-electron chi connectivity index (χ4n) is 1.89. The molecule has 2 aromatic rings. The second-order valence-electron chi connectivity index (χ2n) is 4.34. The van der Waals surface area contributed by atoms with E-state index >= 15 is 0 Å². The molecule has 1 aromatic heterocycles. The monoisotopic (exact) mass is 390 g/mol. The van der Waals surface area contributed by atoms with E-state index in [0.29, 0.717) is 6.04 Å². The molecule has 1 unspecified atom stereocenters. The molecule has 0 radical (unpaired) electrons. The molecule has 4 nitrogen and oxygen atoms in total. The minimum atomic E-state index is -0.817. The number of aromatic nitrogens is 2. The van der Waals surface area contributed by atoms with Crippen molar-refractivity contribution in [2.24, 2.45) is 0 Å². The van der Waals surface area contributed by atoms with Crippen molar-refractivity contribution in [3.05, 3.63) is 21.8 Å². The molecule has 1 N–H and O–H groups in total. The van der Waals surface area contributed by atoms with Crippen LogP contribution in [0, 0.1) is 3.57 Å². The summed E-state index contributed by atoms with van der Waals surface area (Å²) in [5.41, 5.74) is 2.00. The van der Waals surface area contributed by atoms with Gasteiger partial charge in [0.1, 0.15) is 0 Å². The van der Waals surface area contributed by atoms with Gasteiger partial charge in [-0.05, 0) is 54.1 Å². The number of nitrogens with zero attached hydrogens (tertiary/aromatic N) is 2. The molecule has 0 amide bonds. The van der Waals surface area contributed by atoms with Crippen LogP contribution in [0.5, 0.6) is 0 Å². The van der Waals surface area contributed by atoms with Gasteiger partial charge in [0.15, 0.2) is 5.16 Å². The molecule has 0 spiro atoms. The lowest BCUT2D eigenvalue weighted by molar-refractivity contribution is -0.133. The molecule has 0 aliphatic rings. The highest BCUT2D eigenvalue weighted by Crippen LogP contribution is 2.29. The number of aliphatic carboxylic acids is 1. The van der Waals surface area contributed by atoms with Gasteiger partial charge in [-0.1, -0.05) is 18.7 Å². The van der Waals surface area contributed by atoms with Crippen LogP contribution < -0.4 is 0 Å². The Morgan fingerprint density at radius 3 is 2.95 bits per heavy atom. The molecular formula is C13H15IN2O2S. The smallest absolute Gasteiger partial charge is 0.313 e. The SMILES string of the molecule is CCC(C)n1c(SCC(=O)O)nc2cc(I)ccc21. The van der Waals surface area contributed by atoms with Crippen molar-refractivity contribution in [2.45, 2.75) is 31.5 Å². The normalized spacial score (nSPS) is 12.8. The molecule has 102 valence electrons. The highest BCUT2D eigenvalue weighted by atomic mass is 127. The number of carboxylic acids is 1. The Kier molecular flexibility index (Phi) is 4.72. The van der Waals surface area contributed by atoms with Gasteiger partial charge in [0.25, 0.3) is 0 Å². The number of carboxylic acid groups (broad SMARTS) is 1. The fourth-order valence-corrected chi connectivity index (χ4v) is 3.19. The van der Waals surface area contributed by atoms with Crippen molar-refractivity contribution in [2.75, 3.05) is 5.75 Å². The number of thioether (sulfide) groups is 1. The van der Waals surface area contributed by atoms with Crippen LogP contribution in [-0.2, 0) is 4.79 Å². The van der Waals surface area contributed by atoms with Gasteiger partial charge in [-0.15, -0.1) is 0 Å². The zero-order valence-corrected chi connectivity index (χ0v) is 13.7. The van der Waals surface area contributed by atoms with Crippen LogP contribution in [0.15, 0.2) is 23.4 Å². The number of fused-ring (bicyclic) bond motifs is 1. The van der Waals surface area contributed by atoms with E-state index in [4.69, 9.17) is 5.11 Å². The molecule has 2 rings (SSSR count). The summed E-state index contributed by atoms with van der Waals surface area (Å²) in [6, 6.07) is 6.44. The molecule has 6 heteroatoms. The lowest BCUT2D eigenvalue weighted by Gasteiger charge is -2.15. The number of imidazole rings is 1. The number of halogens is 1. The topological polar surface area (TPSA) is 55.1 Å². The van der Waals surface area contributed by atoms with Crippen LogP contribution in [0.3, 0.4) is 0 Å². The van der Waals surface area contributed by atoms with E-state index in [1.165, 1.54) is 11.8 Å². The van der Waals surface area contributed by atoms with Gasteiger partial charge in [-0.3, -0.25) is 4.79 Å². The van der Waals surface area contributed by atoms with Crippen LogP contribution in [0.4, 0.5) is 0 Å². The second kappa shape index (κ2) is 6.13. The van der Waals surface area contributed by atoms with E-state index in [2.05, 4.69) is 58.1 Å². The van der Waals surface area contributed by atoms with Crippen LogP contribution in [0.1, 0.15) is 26.3 Å². The highest BCUT2D eigenvalue weighted by molar-refractivity contribution is 14.1. The first-order valence-electron chi connectivity index (χ1n) is 6.05. The first-order valence-corrected chi connectivity index (χ1v) is 8.11. The van der Waals surface area contributed by atoms with Gasteiger partial charge in [0, 0.05) is 9.61 Å². The number of benzene rings is 1. The quantitative estimate of drug-likeness (QED) is 0.624. The summed E-state index contributed by atoms with van der Waals surface area (Å²) >= 11 is 3.54. The summed E-state index contributed by atoms with van der Waals surface area (Å²) < 4.78 is 3.27. The van der Waals surface area contributed by atoms with Gasteiger partial charge in [0.05, 0.1) is 16.8 Å². The Hall–Kier alpha value is -0.760. The van der Waals surface area contributed by atoms with Crippen molar-refractivity contribution >= 4 is 51.4 Å². The Morgan fingerprint density at radius 2 is 2.32 bits per heavy atom. The Labute approximate surface area is 129 Å². The lowest BCUT2D eigenvalue weighted by Crippen LogP contribution is -2.07. The predicted molar refractivity (Wildman–Crippen MR) is 85.8 cm³/mol. The van der Waals surface area contributed by atoms with Gasteiger partial charge in [-0.25, -0.2) is 4.98 Å². The molecule has 1 atom stereocenters. The third-order valence-corrected chi connectivity index (χ3v) is 4.58. The largest absolute Gasteiger partial charge is 0.481 e. The van der Waals surface area contributed by atoms with E-state index in [9.17, 15) is 4.79 Å². The van der Waals surface area contributed by atoms with Crippen LogP contribution in [0.2, 0.25) is 0 Å². The lowest BCUT2D eigenvalue weighted by atomic mass is 10.2. The van der Waals surface area contributed by atoms with E-state index < -0.39 is 5.97 Å². The summed E-state index contributed by atoms with van der Waals surface area (Å²) in [5.74, 6) is -0.779.